The Morgan fingerprint density at radius 1 is 1.40 bits per heavy atom. The zero-order valence-electron chi connectivity index (χ0n) is 11.2. The summed E-state index contributed by atoms with van der Waals surface area (Å²) in [6, 6.07) is 2.51. The van der Waals surface area contributed by atoms with Gasteiger partial charge < -0.3 is 5.32 Å². The fourth-order valence-electron chi connectivity index (χ4n) is 2.24. The van der Waals surface area contributed by atoms with Gasteiger partial charge in [0.2, 0.25) is 10.0 Å². The molecule has 0 aliphatic carbocycles. The summed E-state index contributed by atoms with van der Waals surface area (Å²) in [6.45, 7) is 3.80. The summed E-state index contributed by atoms with van der Waals surface area (Å²) in [5, 5.41) is 3.52. The first-order chi connectivity index (χ1) is 9.42. The highest BCUT2D eigenvalue weighted by atomic mass is 79.9. The first-order valence-corrected chi connectivity index (χ1v) is 10.6. The second-order valence-electron chi connectivity index (χ2n) is 4.79. The van der Waals surface area contributed by atoms with Crippen LogP contribution < -0.4 is 5.32 Å². The van der Waals surface area contributed by atoms with E-state index in [0.717, 1.165) is 27.6 Å². The molecule has 0 spiro atoms. The average molecular weight is 446 g/mol. The van der Waals surface area contributed by atoms with Crippen LogP contribution in [0, 0.1) is 0 Å². The molecule has 8 heteroatoms. The number of nitrogens with one attached hydrogen (secondary N) is 1. The van der Waals surface area contributed by atoms with E-state index in [-0.39, 0.29) is 5.75 Å². The van der Waals surface area contributed by atoms with E-state index in [0.29, 0.717) is 19.1 Å². The highest BCUT2D eigenvalue weighted by molar-refractivity contribution is 9.13. The van der Waals surface area contributed by atoms with Gasteiger partial charge in [0.1, 0.15) is 0 Å². The zero-order valence-corrected chi connectivity index (χ0v) is 16.0. The number of nitrogens with zero attached hydrogens (tertiary/aromatic N) is 1. The molecule has 0 atom stereocenters. The van der Waals surface area contributed by atoms with Crippen molar-refractivity contribution in [1.29, 1.82) is 0 Å². The molecule has 1 aromatic heterocycles. The van der Waals surface area contributed by atoms with Crippen LogP contribution in [0.1, 0.15) is 24.6 Å². The molecule has 0 saturated carbocycles. The van der Waals surface area contributed by atoms with Gasteiger partial charge in [-0.25, -0.2) is 12.7 Å². The van der Waals surface area contributed by atoms with Crippen molar-refractivity contribution in [3.63, 3.8) is 0 Å². The Morgan fingerprint density at radius 3 is 2.55 bits per heavy atom. The van der Waals surface area contributed by atoms with Crippen molar-refractivity contribution in [2.45, 2.75) is 32.4 Å². The van der Waals surface area contributed by atoms with Crippen molar-refractivity contribution < 1.29 is 8.42 Å². The second kappa shape index (κ2) is 7.19. The van der Waals surface area contributed by atoms with Gasteiger partial charge in [0.15, 0.2) is 0 Å². The van der Waals surface area contributed by atoms with E-state index in [9.17, 15) is 8.42 Å². The van der Waals surface area contributed by atoms with Crippen LogP contribution >= 0.6 is 43.2 Å². The van der Waals surface area contributed by atoms with Gasteiger partial charge in [-0.1, -0.05) is 0 Å². The van der Waals surface area contributed by atoms with E-state index in [4.69, 9.17) is 0 Å². The lowest BCUT2D eigenvalue weighted by atomic mass is 10.1. The minimum absolute atomic E-state index is 0.197. The van der Waals surface area contributed by atoms with Crippen LogP contribution in [0.15, 0.2) is 14.3 Å². The largest absolute Gasteiger partial charge is 0.309 e. The Bertz CT molecular complexity index is 532. The standard InChI is InChI=1S/C12H18Br2N2O2S2/c1-2-20(17,18)16-5-3-9(4-6-16)15-8-10-7-11(13)12(14)19-10/h7,9,15H,2-6,8H2,1H3. The molecule has 0 radical (unpaired) electrons. The molecular weight excluding hydrogens is 428 g/mol. The first-order valence-electron chi connectivity index (χ1n) is 6.57. The Labute approximate surface area is 141 Å². The molecule has 1 fully saturated rings. The van der Waals surface area contributed by atoms with Crippen molar-refractivity contribution in [2.75, 3.05) is 18.8 Å². The predicted octanol–water partition coefficient (Wildman–Crippen LogP) is 3.18. The second-order valence-corrected chi connectivity index (χ2v) is 10.4. The van der Waals surface area contributed by atoms with Crippen molar-refractivity contribution in [3.05, 3.63) is 19.2 Å². The third-order valence-corrected chi connectivity index (χ3v) is 8.61. The van der Waals surface area contributed by atoms with Crippen molar-refractivity contribution in [2.24, 2.45) is 0 Å². The van der Waals surface area contributed by atoms with E-state index in [1.54, 1.807) is 22.6 Å². The summed E-state index contributed by atoms with van der Waals surface area (Å²) in [5.74, 6) is 0.197. The average Bonchev–Trinajstić information content (AvgIpc) is 2.76. The number of sulfonamides is 1. The lowest BCUT2D eigenvalue weighted by Crippen LogP contribution is -2.45. The summed E-state index contributed by atoms with van der Waals surface area (Å²) in [4.78, 5) is 1.27. The Kier molecular flexibility index (Phi) is 6.08. The summed E-state index contributed by atoms with van der Waals surface area (Å²) < 4.78 is 27.4. The van der Waals surface area contributed by atoms with Crippen LogP contribution in [0.2, 0.25) is 0 Å². The molecule has 114 valence electrons. The van der Waals surface area contributed by atoms with Crippen molar-refractivity contribution in [1.82, 2.24) is 9.62 Å². The highest BCUT2D eigenvalue weighted by Crippen LogP contribution is 2.32. The number of piperidine rings is 1. The maximum atomic E-state index is 11.8. The van der Waals surface area contributed by atoms with Crippen LogP contribution in [-0.4, -0.2) is 37.6 Å². The summed E-state index contributed by atoms with van der Waals surface area (Å²) in [6.07, 6.45) is 1.76. The van der Waals surface area contributed by atoms with Crippen LogP contribution in [0.3, 0.4) is 0 Å². The smallest absolute Gasteiger partial charge is 0.213 e. The SMILES string of the molecule is CCS(=O)(=O)N1CCC(NCc2cc(Br)c(Br)s2)CC1. The molecule has 1 aliphatic rings. The Hall–Kier alpha value is 0.530. The number of hydrogen-bond donors (Lipinski definition) is 1. The molecular formula is C12H18Br2N2O2S2. The lowest BCUT2D eigenvalue weighted by molar-refractivity contribution is 0.289. The van der Waals surface area contributed by atoms with Gasteiger partial charge in [0.05, 0.1) is 9.54 Å². The molecule has 0 amide bonds. The predicted molar refractivity (Wildman–Crippen MR) is 90.6 cm³/mol. The van der Waals surface area contributed by atoms with E-state index < -0.39 is 10.0 Å². The molecule has 0 aromatic carbocycles. The number of thiophene rings is 1. The van der Waals surface area contributed by atoms with E-state index in [1.165, 1.54) is 4.88 Å². The van der Waals surface area contributed by atoms with Crippen molar-refractivity contribution in [3.8, 4) is 0 Å². The summed E-state index contributed by atoms with van der Waals surface area (Å²) in [5.41, 5.74) is 0. The Balaban J connectivity index is 1.80. The van der Waals surface area contributed by atoms with Gasteiger partial charge in [-0.05, 0) is 57.7 Å². The molecule has 0 bridgehead atoms. The molecule has 1 aromatic rings. The first kappa shape index (κ1) is 16.9. The molecule has 1 saturated heterocycles. The zero-order chi connectivity index (χ0) is 14.8. The molecule has 2 heterocycles. The third kappa shape index (κ3) is 4.27. The molecule has 1 aliphatic heterocycles. The lowest BCUT2D eigenvalue weighted by Gasteiger charge is -2.31. The number of rotatable bonds is 5. The van der Waals surface area contributed by atoms with Gasteiger partial charge in [-0.3, -0.25) is 0 Å². The maximum absolute atomic E-state index is 11.8. The van der Waals surface area contributed by atoms with Gasteiger partial charge in [0, 0.05) is 35.0 Å². The normalized spacial score (nSPS) is 18.6. The van der Waals surface area contributed by atoms with Crippen LogP contribution in [-0.2, 0) is 16.6 Å². The van der Waals surface area contributed by atoms with E-state index in [2.05, 4.69) is 43.2 Å². The third-order valence-electron chi connectivity index (χ3n) is 3.47. The molecule has 2 rings (SSSR count). The fourth-order valence-corrected chi connectivity index (χ4v) is 5.50. The monoisotopic (exact) mass is 444 g/mol. The van der Waals surface area contributed by atoms with Crippen LogP contribution in [0.25, 0.3) is 0 Å². The van der Waals surface area contributed by atoms with Gasteiger partial charge in [0.25, 0.3) is 0 Å². The molecule has 1 N–H and O–H groups in total. The van der Waals surface area contributed by atoms with Crippen molar-refractivity contribution >= 4 is 53.2 Å². The van der Waals surface area contributed by atoms with Gasteiger partial charge in [-0.15, -0.1) is 11.3 Å². The number of halogens is 2. The Morgan fingerprint density at radius 2 is 2.05 bits per heavy atom. The van der Waals surface area contributed by atoms with E-state index >= 15 is 0 Å². The number of hydrogen-bond acceptors (Lipinski definition) is 4. The molecule has 20 heavy (non-hydrogen) atoms. The van der Waals surface area contributed by atoms with E-state index in [1.807, 2.05) is 0 Å². The molecule has 0 unspecified atom stereocenters. The molecule has 4 nitrogen and oxygen atoms in total. The highest BCUT2D eigenvalue weighted by Gasteiger charge is 2.26. The summed E-state index contributed by atoms with van der Waals surface area (Å²) in [7, 11) is -3.02. The van der Waals surface area contributed by atoms with Gasteiger partial charge >= 0.3 is 0 Å². The van der Waals surface area contributed by atoms with Gasteiger partial charge in [-0.2, -0.15) is 0 Å². The minimum Gasteiger partial charge on any atom is -0.309 e. The maximum Gasteiger partial charge on any atom is 0.213 e. The van der Waals surface area contributed by atoms with Crippen LogP contribution in [0.5, 0.6) is 0 Å². The topological polar surface area (TPSA) is 49.4 Å². The minimum atomic E-state index is -3.02. The van der Waals surface area contributed by atoms with Crippen LogP contribution in [0.4, 0.5) is 0 Å². The fraction of sp³-hybridized carbons (Fsp3) is 0.667. The quantitative estimate of drug-likeness (QED) is 0.757. The summed E-state index contributed by atoms with van der Waals surface area (Å²) >= 11 is 8.68.